The summed E-state index contributed by atoms with van der Waals surface area (Å²) >= 11 is 4.23. The molecule has 15 heavy (non-hydrogen) atoms. The molecule has 0 unspecified atom stereocenters. The maximum Gasteiger partial charge on any atom is 0.163 e. The fourth-order valence-electron chi connectivity index (χ4n) is 1.33. The first kappa shape index (κ1) is 12.1. The SMILES string of the molecule is CCCCC(=O)c1ccc(S)c(OC)c1. The molecule has 0 heterocycles. The predicted molar refractivity (Wildman–Crippen MR) is 64.1 cm³/mol. The molecule has 0 aliphatic heterocycles. The van der Waals surface area contributed by atoms with Gasteiger partial charge in [0.05, 0.1) is 7.11 Å². The maximum absolute atomic E-state index is 11.7. The van der Waals surface area contributed by atoms with Crippen molar-refractivity contribution in [2.24, 2.45) is 0 Å². The lowest BCUT2D eigenvalue weighted by Crippen LogP contribution is -1.99. The molecule has 0 bridgehead atoms. The highest BCUT2D eigenvalue weighted by molar-refractivity contribution is 7.80. The molecule has 0 fully saturated rings. The second-order valence-electron chi connectivity index (χ2n) is 3.41. The van der Waals surface area contributed by atoms with Gasteiger partial charge in [-0.05, 0) is 18.6 Å². The van der Waals surface area contributed by atoms with Crippen LogP contribution in [0.1, 0.15) is 36.5 Å². The fourth-order valence-corrected chi connectivity index (χ4v) is 1.56. The zero-order chi connectivity index (χ0) is 11.3. The number of benzene rings is 1. The molecule has 3 heteroatoms. The molecule has 1 rings (SSSR count). The first-order valence-corrected chi connectivity index (χ1v) is 5.54. The zero-order valence-corrected chi connectivity index (χ0v) is 10.0. The molecule has 0 aliphatic carbocycles. The van der Waals surface area contributed by atoms with E-state index in [-0.39, 0.29) is 5.78 Å². The molecular weight excluding hydrogens is 208 g/mol. The van der Waals surface area contributed by atoms with Crippen molar-refractivity contribution in [2.45, 2.75) is 31.1 Å². The Hall–Kier alpha value is -0.960. The lowest BCUT2D eigenvalue weighted by atomic mass is 10.1. The average molecular weight is 224 g/mol. The third-order valence-corrected chi connectivity index (χ3v) is 2.63. The number of hydrogen-bond donors (Lipinski definition) is 1. The molecule has 82 valence electrons. The minimum absolute atomic E-state index is 0.170. The first-order chi connectivity index (χ1) is 7.19. The molecule has 0 saturated carbocycles. The number of carbonyl (C=O) groups is 1. The van der Waals surface area contributed by atoms with Crippen LogP contribution >= 0.6 is 12.6 Å². The molecule has 0 aliphatic rings. The van der Waals surface area contributed by atoms with E-state index in [1.807, 2.05) is 0 Å². The molecule has 0 radical (unpaired) electrons. The van der Waals surface area contributed by atoms with Crippen LogP contribution in [0, 0.1) is 0 Å². The van der Waals surface area contributed by atoms with Crippen molar-refractivity contribution in [3.63, 3.8) is 0 Å². The average Bonchev–Trinajstić information content (AvgIpc) is 2.26. The molecule has 0 N–H and O–H groups in total. The maximum atomic E-state index is 11.7. The van der Waals surface area contributed by atoms with Crippen molar-refractivity contribution >= 4 is 18.4 Å². The van der Waals surface area contributed by atoms with E-state index >= 15 is 0 Å². The molecule has 1 aromatic rings. The number of thiol groups is 1. The van der Waals surface area contributed by atoms with E-state index in [9.17, 15) is 4.79 Å². The van der Waals surface area contributed by atoms with Gasteiger partial charge in [-0.2, -0.15) is 0 Å². The van der Waals surface area contributed by atoms with E-state index in [0.717, 1.165) is 17.7 Å². The molecule has 0 aromatic heterocycles. The van der Waals surface area contributed by atoms with Crippen molar-refractivity contribution in [3.8, 4) is 5.75 Å². The van der Waals surface area contributed by atoms with E-state index in [2.05, 4.69) is 19.6 Å². The summed E-state index contributed by atoms with van der Waals surface area (Å²) in [5.41, 5.74) is 0.707. The highest BCUT2D eigenvalue weighted by atomic mass is 32.1. The van der Waals surface area contributed by atoms with Gasteiger partial charge in [-0.3, -0.25) is 4.79 Å². The van der Waals surface area contributed by atoms with Gasteiger partial charge in [0.15, 0.2) is 5.78 Å². The molecule has 2 nitrogen and oxygen atoms in total. The van der Waals surface area contributed by atoms with Crippen LogP contribution in [-0.2, 0) is 0 Å². The van der Waals surface area contributed by atoms with Crippen LogP contribution < -0.4 is 4.74 Å². The Morgan fingerprint density at radius 2 is 2.20 bits per heavy atom. The van der Waals surface area contributed by atoms with Crippen molar-refractivity contribution in [1.82, 2.24) is 0 Å². The van der Waals surface area contributed by atoms with Crippen LogP contribution in [0.3, 0.4) is 0 Å². The van der Waals surface area contributed by atoms with E-state index < -0.39 is 0 Å². The van der Waals surface area contributed by atoms with Crippen molar-refractivity contribution in [1.29, 1.82) is 0 Å². The standard InChI is InChI=1S/C12H16O2S/c1-3-4-5-10(13)9-6-7-12(15)11(8-9)14-2/h6-8,15H,3-5H2,1-2H3. The smallest absolute Gasteiger partial charge is 0.163 e. The largest absolute Gasteiger partial charge is 0.496 e. The Morgan fingerprint density at radius 1 is 1.47 bits per heavy atom. The Bertz CT molecular complexity index is 347. The number of ether oxygens (including phenoxy) is 1. The quantitative estimate of drug-likeness (QED) is 0.613. The molecule has 0 saturated heterocycles. The Kier molecular flexibility index (Phi) is 4.69. The highest BCUT2D eigenvalue weighted by Gasteiger charge is 2.07. The number of Topliss-reactive ketones (excluding diaryl/α,β-unsaturated/α-hetero) is 1. The van der Waals surface area contributed by atoms with E-state index in [0.29, 0.717) is 17.7 Å². The van der Waals surface area contributed by atoms with Gasteiger partial charge >= 0.3 is 0 Å². The lowest BCUT2D eigenvalue weighted by molar-refractivity contribution is 0.0979. The summed E-state index contributed by atoms with van der Waals surface area (Å²) in [6.07, 6.45) is 2.57. The Morgan fingerprint density at radius 3 is 2.80 bits per heavy atom. The number of unbranched alkanes of at least 4 members (excludes halogenated alkanes) is 1. The van der Waals surface area contributed by atoms with Crippen LogP contribution in [0.4, 0.5) is 0 Å². The second kappa shape index (κ2) is 5.81. The van der Waals surface area contributed by atoms with Crippen LogP contribution in [0.15, 0.2) is 23.1 Å². The van der Waals surface area contributed by atoms with E-state index in [1.54, 1.807) is 25.3 Å². The predicted octanol–water partition coefficient (Wildman–Crippen LogP) is 3.36. The van der Waals surface area contributed by atoms with Crippen molar-refractivity contribution in [2.75, 3.05) is 7.11 Å². The molecular formula is C12H16O2S. The minimum atomic E-state index is 0.170. The molecule has 0 amide bonds. The summed E-state index contributed by atoms with van der Waals surface area (Å²) in [4.78, 5) is 12.5. The van der Waals surface area contributed by atoms with Gasteiger partial charge in [-0.15, -0.1) is 12.6 Å². The van der Waals surface area contributed by atoms with Gasteiger partial charge < -0.3 is 4.74 Å². The highest BCUT2D eigenvalue weighted by Crippen LogP contribution is 2.24. The third kappa shape index (κ3) is 3.27. The number of methoxy groups -OCH3 is 1. The van der Waals surface area contributed by atoms with Crippen molar-refractivity contribution < 1.29 is 9.53 Å². The number of carbonyl (C=O) groups excluding carboxylic acids is 1. The van der Waals surface area contributed by atoms with Gasteiger partial charge in [0.2, 0.25) is 0 Å². The van der Waals surface area contributed by atoms with Crippen molar-refractivity contribution in [3.05, 3.63) is 23.8 Å². The first-order valence-electron chi connectivity index (χ1n) is 5.09. The van der Waals surface area contributed by atoms with Crippen LogP contribution in [0.25, 0.3) is 0 Å². The van der Waals surface area contributed by atoms with E-state index in [1.165, 1.54) is 0 Å². The monoisotopic (exact) mass is 224 g/mol. The summed E-state index contributed by atoms with van der Waals surface area (Å²) in [5.74, 6) is 0.823. The van der Waals surface area contributed by atoms with Gasteiger partial charge in [0, 0.05) is 16.9 Å². The van der Waals surface area contributed by atoms with Crippen LogP contribution in [0.2, 0.25) is 0 Å². The molecule has 1 aromatic carbocycles. The van der Waals surface area contributed by atoms with Gasteiger partial charge in [-0.25, -0.2) is 0 Å². The topological polar surface area (TPSA) is 26.3 Å². The summed E-state index contributed by atoms with van der Waals surface area (Å²) in [5, 5.41) is 0. The lowest BCUT2D eigenvalue weighted by Gasteiger charge is -2.06. The fraction of sp³-hybridized carbons (Fsp3) is 0.417. The van der Waals surface area contributed by atoms with Crippen LogP contribution in [0.5, 0.6) is 5.75 Å². The van der Waals surface area contributed by atoms with E-state index in [4.69, 9.17) is 4.74 Å². The Balaban J connectivity index is 2.81. The molecule has 0 atom stereocenters. The Labute approximate surface area is 96.1 Å². The number of hydrogen-bond acceptors (Lipinski definition) is 3. The second-order valence-corrected chi connectivity index (χ2v) is 3.90. The van der Waals surface area contributed by atoms with Gasteiger partial charge in [0.25, 0.3) is 0 Å². The zero-order valence-electron chi connectivity index (χ0n) is 9.12. The number of ketones is 1. The minimum Gasteiger partial charge on any atom is -0.496 e. The summed E-state index contributed by atoms with van der Waals surface area (Å²) in [6.45, 7) is 2.07. The van der Waals surface area contributed by atoms with Gasteiger partial charge in [0.1, 0.15) is 5.75 Å². The third-order valence-electron chi connectivity index (χ3n) is 2.26. The number of rotatable bonds is 5. The van der Waals surface area contributed by atoms with Crippen LogP contribution in [-0.4, -0.2) is 12.9 Å². The summed E-state index contributed by atoms with van der Waals surface area (Å²) in [6, 6.07) is 5.34. The van der Waals surface area contributed by atoms with Gasteiger partial charge in [-0.1, -0.05) is 19.4 Å². The normalized spacial score (nSPS) is 10.1. The summed E-state index contributed by atoms with van der Waals surface area (Å²) in [7, 11) is 1.58. The summed E-state index contributed by atoms with van der Waals surface area (Å²) < 4.78 is 5.11. The molecule has 0 spiro atoms.